The molecule has 1 aliphatic rings. The zero-order chi connectivity index (χ0) is 14.0. The molecule has 1 fully saturated rings. The van der Waals surface area contributed by atoms with Crippen LogP contribution in [-0.4, -0.2) is 17.9 Å². The quantitative estimate of drug-likeness (QED) is 0.815. The van der Waals surface area contributed by atoms with Crippen LogP contribution in [0.3, 0.4) is 0 Å². The van der Waals surface area contributed by atoms with E-state index in [2.05, 4.69) is 41.9 Å². The second-order valence-corrected chi connectivity index (χ2v) is 7.17. The Kier molecular flexibility index (Phi) is 4.34. The molecule has 0 aliphatic heterocycles. The molecule has 0 aromatic heterocycles. The van der Waals surface area contributed by atoms with Crippen LogP contribution in [0.25, 0.3) is 0 Å². The van der Waals surface area contributed by atoms with E-state index in [9.17, 15) is 4.79 Å². The van der Waals surface area contributed by atoms with Crippen molar-refractivity contribution in [3.05, 3.63) is 34.3 Å². The Morgan fingerprint density at radius 2 is 2.00 bits per heavy atom. The highest BCUT2D eigenvalue weighted by Crippen LogP contribution is 2.43. The van der Waals surface area contributed by atoms with E-state index in [0.717, 1.165) is 17.3 Å². The lowest BCUT2D eigenvalue weighted by atomic mass is 9.81. The van der Waals surface area contributed by atoms with Crippen molar-refractivity contribution in [2.45, 2.75) is 39.7 Å². The third-order valence-electron chi connectivity index (χ3n) is 4.26. The summed E-state index contributed by atoms with van der Waals surface area (Å²) in [5.74, 6) is 0.485. The van der Waals surface area contributed by atoms with Crippen LogP contribution >= 0.6 is 15.9 Å². The second kappa shape index (κ2) is 5.66. The van der Waals surface area contributed by atoms with Gasteiger partial charge in [0.2, 0.25) is 5.91 Å². The molecule has 0 heterocycles. The van der Waals surface area contributed by atoms with Gasteiger partial charge in [0, 0.05) is 24.0 Å². The molecule has 2 rings (SSSR count). The van der Waals surface area contributed by atoms with Gasteiger partial charge in [0.05, 0.1) is 0 Å². The number of benzene rings is 1. The van der Waals surface area contributed by atoms with Gasteiger partial charge >= 0.3 is 0 Å². The first-order valence-electron chi connectivity index (χ1n) is 6.89. The fraction of sp³-hybridized carbons (Fsp3) is 0.562. The zero-order valence-electron chi connectivity index (χ0n) is 11.9. The van der Waals surface area contributed by atoms with Crippen molar-refractivity contribution in [1.82, 2.24) is 4.90 Å². The van der Waals surface area contributed by atoms with E-state index in [1.54, 1.807) is 0 Å². The molecule has 0 N–H and O–H groups in total. The van der Waals surface area contributed by atoms with Crippen LogP contribution < -0.4 is 0 Å². The normalized spacial score (nSPS) is 21.4. The van der Waals surface area contributed by atoms with Crippen LogP contribution in [0.5, 0.6) is 0 Å². The summed E-state index contributed by atoms with van der Waals surface area (Å²) >= 11 is 3.43. The molecule has 0 spiro atoms. The molecule has 0 radical (unpaired) electrons. The summed E-state index contributed by atoms with van der Waals surface area (Å²) in [6.45, 7) is 5.13. The molecule has 1 amide bonds. The molecule has 1 unspecified atom stereocenters. The first kappa shape index (κ1) is 14.6. The van der Waals surface area contributed by atoms with E-state index in [1.807, 2.05) is 24.1 Å². The van der Waals surface area contributed by atoms with E-state index < -0.39 is 0 Å². The smallest absolute Gasteiger partial charge is 0.226 e. The van der Waals surface area contributed by atoms with Crippen molar-refractivity contribution in [1.29, 1.82) is 0 Å². The van der Waals surface area contributed by atoms with Crippen LogP contribution in [0.2, 0.25) is 0 Å². The minimum Gasteiger partial charge on any atom is -0.341 e. The first-order chi connectivity index (χ1) is 8.90. The summed E-state index contributed by atoms with van der Waals surface area (Å²) in [7, 11) is 1.92. The Labute approximate surface area is 124 Å². The average Bonchev–Trinajstić information content (AvgIpc) is 2.71. The van der Waals surface area contributed by atoms with Crippen molar-refractivity contribution in [2.75, 3.05) is 7.05 Å². The third-order valence-corrected chi connectivity index (χ3v) is 4.79. The fourth-order valence-electron chi connectivity index (χ4n) is 2.99. The summed E-state index contributed by atoms with van der Waals surface area (Å²) in [5.41, 5.74) is 1.33. The van der Waals surface area contributed by atoms with Gasteiger partial charge in [0.25, 0.3) is 0 Å². The van der Waals surface area contributed by atoms with E-state index in [1.165, 1.54) is 12.0 Å². The lowest BCUT2D eigenvalue weighted by Gasteiger charge is -2.30. The van der Waals surface area contributed by atoms with Crippen LogP contribution in [0.1, 0.15) is 38.7 Å². The minimum absolute atomic E-state index is 0.158. The van der Waals surface area contributed by atoms with E-state index in [4.69, 9.17) is 0 Å². The molecular formula is C16H22BrNO. The maximum Gasteiger partial charge on any atom is 0.226 e. The predicted molar refractivity (Wildman–Crippen MR) is 81.7 cm³/mol. The van der Waals surface area contributed by atoms with Crippen molar-refractivity contribution in [3.8, 4) is 0 Å². The van der Waals surface area contributed by atoms with Gasteiger partial charge in [-0.1, -0.05) is 48.3 Å². The second-order valence-electron chi connectivity index (χ2n) is 6.25. The lowest BCUT2D eigenvalue weighted by Crippen LogP contribution is -2.37. The van der Waals surface area contributed by atoms with Gasteiger partial charge in [-0.15, -0.1) is 0 Å². The van der Waals surface area contributed by atoms with E-state index in [0.29, 0.717) is 12.5 Å². The largest absolute Gasteiger partial charge is 0.341 e. The SMILES string of the molecule is CN(Cc1ccc(Br)cc1)C(=O)C1CCCC1(C)C. The number of nitrogens with zero attached hydrogens (tertiary/aromatic N) is 1. The summed E-state index contributed by atoms with van der Waals surface area (Å²) in [5, 5.41) is 0. The Hall–Kier alpha value is -0.830. The molecule has 0 saturated heterocycles. The summed E-state index contributed by atoms with van der Waals surface area (Å²) in [6.07, 6.45) is 3.38. The topological polar surface area (TPSA) is 20.3 Å². The molecule has 1 aromatic rings. The van der Waals surface area contributed by atoms with Crippen molar-refractivity contribution in [3.63, 3.8) is 0 Å². The van der Waals surface area contributed by atoms with Gasteiger partial charge in [-0.2, -0.15) is 0 Å². The van der Waals surface area contributed by atoms with Crippen molar-refractivity contribution in [2.24, 2.45) is 11.3 Å². The number of amides is 1. The van der Waals surface area contributed by atoms with Gasteiger partial charge in [-0.25, -0.2) is 0 Å². The number of carbonyl (C=O) groups excluding carboxylic acids is 1. The Morgan fingerprint density at radius 3 is 2.53 bits per heavy atom. The molecule has 1 aromatic carbocycles. The molecule has 3 heteroatoms. The van der Waals surface area contributed by atoms with Crippen LogP contribution in [0, 0.1) is 11.3 Å². The number of carbonyl (C=O) groups is 1. The van der Waals surface area contributed by atoms with E-state index in [-0.39, 0.29) is 11.3 Å². The number of halogens is 1. The van der Waals surface area contributed by atoms with Crippen LogP contribution in [0.15, 0.2) is 28.7 Å². The predicted octanol–water partition coefficient (Wildman–Crippen LogP) is 4.23. The molecule has 0 bridgehead atoms. The highest BCUT2D eigenvalue weighted by atomic mass is 79.9. The zero-order valence-corrected chi connectivity index (χ0v) is 13.5. The van der Waals surface area contributed by atoms with Gasteiger partial charge in [0.1, 0.15) is 0 Å². The molecule has 1 atom stereocenters. The minimum atomic E-state index is 0.158. The molecule has 1 saturated carbocycles. The van der Waals surface area contributed by atoms with Gasteiger partial charge < -0.3 is 4.90 Å². The van der Waals surface area contributed by atoms with Gasteiger partial charge in [0.15, 0.2) is 0 Å². The summed E-state index contributed by atoms with van der Waals surface area (Å²) in [6, 6.07) is 8.17. The standard InChI is InChI=1S/C16H22BrNO/c1-16(2)10-4-5-14(16)15(19)18(3)11-12-6-8-13(17)9-7-12/h6-9,14H,4-5,10-11H2,1-3H3. The number of hydrogen-bond acceptors (Lipinski definition) is 1. The first-order valence-corrected chi connectivity index (χ1v) is 7.69. The van der Waals surface area contributed by atoms with Crippen molar-refractivity contribution < 1.29 is 4.79 Å². The van der Waals surface area contributed by atoms with E-state index >= 15 is 0 Å². The fourth-order valence-corrected chi connectivity index (χ4v) is 3.26. The maximum absolute atomic E-state index is 12.5. The Morgan fingerprint density at radius 1 is 1.37 bits per heavy atom. The Balaban J connectivity index is 2.01. The van der Waals surface area contributed by atoms with Crippen LogP contribution in [0.4, 0.5) is 0 Å². The molecule has 1 aliphatic carbocycles. The molecular weight excluding hydrogens is 302 g/mol. The monoisotopic (exact) mass is 323 g/mol. The summed E-state index contributed by atoms with van der Waals surface area (Å²) < 4.78 is 1.07. The maximum atomic E-state index is 12.5. The van der Waals surface area contributed by atoms with Crippen molar-refractivity contribution >= 4 is 21.8 Å². The molecule has 19 heavy (non-hydrogen) atoms. The summed E-state index contributed by atoms with van der Waals surface area (Å²) in [4.78, 5) is 14.4. The highest BCUT2D eigenvalue weighted by Gasteiger charge is 2.40. The molecule has 2 nitrogen and oxygen atoms in total. The average molecular weight is 324 g/mol. The van der Waals surface area contributed by atoms with Gasteiger partial charge in [-0.3, -0.25) is 4.79 Å². The van der Waals surface area contributed by atoms with Gasteiger partial charge in [-0.05, 0) is 36.0 Å². The highest BCUT2D eigenvalue weighted by molar-refractivity contribution is 9.10. The number of hydrogen-bond donors (Lipinski definition) is 0. The Bertz CT molecular complexity index is 452. The third kappa shape index (κ3) is 3.38. The number of rotatable bonds is 3. The lowest BCUT2D eigenvalue weighted by molar-refractivity contribution is -0.137. The molecule has 104 valence electrons. The van der Waals surface area contributed by atoms with Crippen LogP contribution in [-0.2, 0) is 11.3 Å².